The summed E-state index contributed by atoms with van der Waals surface area (Å²) in [5.74, 6) is -1.58. The monoisotopic (exact) mass is 414 g/mol. The molecule has 0 aromatic carbocycles. The lowest BCUT2D eigenvalue weighted by Gasteiger charge is -2.06. The van der Waals surface area contributed by atoms with Gasteiger partial charge in [0.1, 0.15) is 0 Å². The fourth-order valence-electron chi connectivity index (χ4n) is 2.20. The normalized spacial score (nSPS) is 11.9. The summed E-state index contributed by atoms with van der Waals surface area (Å²) in [6, 6.07) is 0. The highest BCUT2D eigenvalue weighted by atomic mass is 32.2. The van der Waals surface area contributed by atoms with Crippen LogP contribution in [0.5, 0.6) is 0 Å². The van der Waals surface area contributed by atoms with Gasteiger partial charge in [-0.1, -0.05) is 12.8 Å². The van der Waals surface area contributed by atoms with E-state index in [4.69, 9.17) is 0 Å². The highest BCUT2D eigenvalue weighted by Gasteiger charge is 2.17. The Hall–Kier alpha value is -1.16. The minimum atomic E-state index is -3.43. The number of methoxy groups -OCH3 is 2. The largest absolute Gasteiger partial charge is 0.469 e. The van der Waals surface area contributed by atoms with Gasteiger partial charge in [0.05, 0.1) is 37.2 Å². The van der Waals surface area contributed by atoms with Crippen LogP contribution in [0.1, 0.15) is 51.4 Å². The molecular weight excluding hydrogens is 384 g/mol. The van der Waals surface area contributed by atoms with Crippen LogP contribution in [-0.4, -0.2) is 66.0 Å². The number of sulfone groups is 2. The third kappa shape index (κ3) is 14.1. The Morgan fingerprint density at radius 1 is 0.577 bits per heavy atom. The molecule has 0 aliphatic heterocycles. The summed E-state index contributed by atoms with van der Waals surface area (Å²) in [6.07, 6.45) is 3.53. The van der Waals surface area contributed by atoms with Crippen LogP contribution in [0.3, 0.4) is 0 Å². The minimum Gasteiger partial charge on any atom is -0.469 e. The average Bonchev–Trinajstić information content (AvgIpc) is 2.59. The Labute approximate surface area is 156 Å². The molecule has 0 aliphatic carbocycles. The Morgan fingerprint density at radius 2 is 0.923 bits per heavy atom. The second kappa shape index (κ2) is 13.1. The van der Waals surface area contributed by atoms with Crippen LogP contribution in [0.4, 0.5) is 0 Å². The Morgan fingerprint density at radius 3 is 1.23 bits per heavy atom. The van der Waals surface area contributed by atoms with E-state index in [0.717, 1.165) is 0 Å². The van der Waals surface area contributed by atoms with Crippen molar-refractivity contribution in [3.63, 3.8) is 0 Å². The van der Waals surface area contributed by atoms with Crippen molar-refractivity contribution in [3.8, 4) is 0 Å². The maximum atomic E-state index is 11.9. The quantitative estimate of drug-likeness (QED) is 0.290. The van der Waals surface area contributed by atoms with Gasteiger partial charge >= 0.3 is 11.9 Å². The van der Waals surface area contributed by atoms with Gasteiger partial charge in [0.15, 0.2) is 19.7 Å². The first-order chi connectivity index (χ1) is 12.1. The molecule has 10 heteroatoms. The van der Waals surface area contributed by atoms with Crippen molar-refractivity contribution in [2.24, 2.45) is 0 Å². The molecule has 0 aromatic heterocycles. The molecule has 0 saturated heterocycles. The third-order valence-electron chi connectivity index (χ3n) is 3.83. The molecule has 0 amide bonds. The van der Waals surface area contributed by atoms with E-state index in [1.54, 1.807) is 0 Å². The molecule has 0 saturated carbocycles. The molecule has 26 heavy (non-hydrogen) atoms. The third-order valence-corrected chi connectivity index (χ3v) is 7.57. The van der Waals surface area contributed by atoms with Crippen molar-refractivity contribution in [2.45, 2.75) is 51.4 Å². The molecule has 8 nitrogen and oxygen atoms in total. The van der Waals surface area contributed by atoms with Gasteiger partial charge in [-0.05, 0) is 25.7 Å². The molecule has 0 fully saturated rings. The number of carbonyl (C=O) groups excluding carboxylic acids is 2. The van der Waals surface area contributed by atoms with Crippen LogP contribution in [0.25, 0.3) is 0 Å². The second-order valence-corrected chi connectivity index (χ2v) is 10.7. The topological polar surface area (TPSA) is 121 Å². The van der Waals surface area contributed by atoms with E-state index in [2.05, 4.69) is 9.47 Å². The number of hydrogen-bond donors (Lipinski definition) is 0. The van der Waals surface area contributed by atoms with E-state index in [1.165, 1.54) is 14.2 Å². The van der Waals surface area contributed by atoms with Gasteiger partial charge in [-0.3, -0.25) is 9.59 Å². The van der Waals surface area contributed by atoms with Crippen molar-refractivity contribution in [2.75, 3.05) is 37.2 Å². The zero-order chi connectivity index (χ0) is 20.1. The average molecular weight is 415 g/mol. The SMILES string of the molecule is COC(=O)CCCCCS(=O)(=O)CCS(=O)(=O)CCCCCC(=O)OC. The second-order valence-electron chi connectivity index (χ2n) is 6.08. The van der Waals surface area contributed by atoms with Gasteiger partial charge in [-0.2, -0.15) is 0 Å². The first-order valence-electron chi connectivity index (χ1n) is 8.66. The van der Waals surface area contributed by atoms with Crippen molar-refractivity contribution in [1.82, 2.24) is 0 Å². The first-order valence-corrected chi connectivity index (χ1v) is 12.3. The van der Waals surface area contributed by atoms with E-state index in [-0.39, 0.29) is 47.8 Å². The standard InChI is InChI=1S/C16H30O8S2/c1-23-15(17)9-5-3-7-11-25(19,20)13-14-26(21,22)12-8-4-6-10-16(18)24-2/h3-14H2,1-2H3. The molecule has 0 atom stereocenters. The lowest BCUT2D eigenvalue weighted by atomic mass is 10.2. The zero-order valence-corrected chi connectivity index (χ0v) is 17.2. The van der Waals surface area contributed by atoms with E-state index >= 15 is 0 Å². The Kier molecular flexibility index (Phi) is 12.5. The van der Waals surface area contributed by atoms with Crippen LogP contribution < -0.4 is 0 Å². The Balaban J connectivity index is 3.96. The van der Waals surface area contributed by atoms with Crippen molar-refractivity contribution < 1.29 is 35.9 Å². The predicted molar refractivity (Wildman–Crippen MR) is 98.3 cm³/mol. The molecule has 0 N–H and O–H groups in total. The van der Waals surface area contributed by atoms with Crippen LogP contribution in [-0.2, 0) is 38.7 Å². The van der Waals surface area contributed by atoms with Gasteiger partial charge in [0.25, 0.3) is 0 Å². The number of rotatable bonds is 15. The Bertz CT molecular complexity index is 567. The molecular formula is C16H30O8S2. The molecule has 0 heterocycles. The lowest BCUT2D eigenvalue weighted by molar-refractivity contribution is -0.141. The van der Waals surface area contributed by atoms with Crippen LogP contribution in [0.15, 0.2) is 0 Å². The fourth-order valence-corrected chi connectivity index (χ4v) is 5.93. The molecule has 0 rings (SSSR count). The number of esters is 2. The molecule has 154 valence electrons. The predicted octanol–water partition coefficient (Wildman–Crippen LogP) is 1.28. The van der Waals surface area contributed by atoms with Gasteiger partial charge in [0, 0.05) is 12.8 Å². The summed E-state index contributed by atoms with van der Waals surface area (Å²) in [5.41, 5.74) is 0. The number of unbranched alkanes of at least 4 members (excludes halogenated alkanes) is 4. The summed E-state index contributed by atoms with van der Waals surface area (Å²) >= 11 is 0. The van der Waals surface area contributed by atoms with Crippen molar-refractivity contribution in [3.05, 3.63) is 0 Å². The molecule has 0 bridgehead atoms. The summed E-state index contributed by atoms with van der Waals surface area (Å²) in [4.78, 5) is 21.9. The highest BCUT2D eigenvalue weighted by molar-refractivity contribution is 7.95. The summed E-state index contributed by atoms with van der Waals surface area (Å²) in [7, 11) is -4.26. The van der Waals surface area contributed by atoms with E-state index in [1.807, 2.05) is 0 Å². The van der Waals surface area contributed by atoms with Gasteiger partial charge in [-0.15, -0.1) is 0 Å². The smallest absolute Gasteiger partial charge is 0.305 e. The van der Waals surface area contributed by atoms with Gasteiger partial charge in [-0.25, -0.2) is 16.8 Å². The molecule has 0 aromatic rings. The van der Waals surface area contributed by atoms with E-state index < -0.39 is 19.7 Å². The van der Waals surface area contributed by atoms with Gasteiger partial charge in [0.2, 0.25) is 0 Å². The highest BCUT2D eigenvalue weighted by Crippen LogP contribution is 2.07. The zero-order valence-electron chi connectivity index (χ0n) is 15.6. The van der Waals surface area contributed by atoms with Crippen molar-refractivity contribution >= 4 is 31.6 Å². The van der Waals surface area contributed by atoms with E-state index in [0.29, 0.717) is 38.5 Å². The van der Waals surface area contributed by atoms with Crippen molar-refractivity contribution in [1.29, 1.82) is 0 Å². The van der Waals surface area contributed by atoms with Crippen LogP contribution in [0, 0.1) is 0 Å². The van der Waals surface area contributed by atoms with Gasteiger partial charge < -0.3 is 9.47 Å². The maximum absolute atomic E-state index is 11.9. The molecule has 0 radical (unpaired) electrons. The minimum absolute atomic E-state index is 0.0805. The first kappa shape index (κ1) is 24.8. The molecule has 0 spiro atoms. The molecule has 0 aliphatic rings. The molecule has 0 unspecified atom stereocenters. The lowest BCUT2D eigenvalue weighted by Crippen LogP contribution is -2.21. The number of ether oxygens (including phenoxy) is 2. The summed E-state index contributed by atoms with van der Waals surface area (Å²) in [5, 5.41) is 0. The summed E-state index contributed by atoms with van der Waals surface area (Å²) in [6.45, 7) is 0. The number of carbonyl (C=O) groups is 2. The van der Waals surface area contributed by atoms with Crippen LogP contribution in [0.2, 0.25) is 0 Å². The number of hydrogen-bond acceptors (Lipinski definition) is 8. The maximum Gasteiger partial charge on any atom is 0.305 e. The van der Waals surface area contributed by atoms with Crippen LogP contribution >= 0.6 is 0 Å². The summed E-state index contributed by atoms with van der Waals surface area (Å²) < 4.78 is 56.6. The van der Waals surface area contributed by atoms with E-state index in [9.17, 15) is 26.4 Å². The fraction of sp³-hybridized carbons (Fsp3) is 0.875.